The molecule has 0 atom stereocenters. The van der Waals surface area contributed by atoms with E-state index in [1.165, 1.54) is 12.1 Å². The zero-order valence-electron chi connectivity index (χ0n) is 11.8. The maximum atomic E-state index is 13.3. The number of rotatable bonds is 5. The quantitative estimate of drug-likeness (QED) is 0.818. The van der Waals surface area contributed by atoms with Gasteiger partial charge in [0.25, 0.3) is 5.91 Å². The average Bonchev–Trinajstić information content (AvgIpc) is 2.48. The lowest BCUT2D eigenvalue weighted by Crippen LogP contribution is -2.37. The molecule has 1 fully saturated rings. The number of hydrogen-bond donors (Lipinski definition) is 2. The minimum absolute atomic E-state index is 0.0128. The van der Waals surface area contributed by atoms with E-state index in [1.807, 2.05) is 0 Å². The van der Waals surface area contributed by atoms with Gasteiger partial charge in [-0.05, 0) is 44.0 Å². The minimum Gasteiger partial charge on any atom is -0.393 e. The van der Waals surface area contributed by atoms with E-state index in [0.29, 0.717) is 6.54 Å². The standard InChI is InChI=1S/C15H20ClFN2O2/c16-13-3-2-11(10-14(13)17)15(21)18-6-1-7-19-8-4-12(20)5-9-19/h2-3,10,12,20H,1,4-9H2,(H,18,21). The summed E-state index contributed by atoms with van der Waals surface area (Å²) in [7, 11) is 0. The Morgan fingerprint density at radius 3 is 2.81 bits per heavy atom. The molecular weight excluding hydrogens is 295 g/mol. The molecule has 0 aliphatic carbocycles. The van der Waals surface area contributed by atoms with Gasteiger partial charge in [0.2, 0.25) is 0 Å². The fourth-order valence-electron chi connectivity index (χ4n) is 2.39. The molecule has 0 unspecified atom stereocenters. The first kappa shape index (κ1) is 16.2. The Bertz CT molecular complexity index is 491. The largest absolute Gasteiger partial charge is 0.393 e. The number of halogens is 2. The maximum Gasteiger partial charge on any atom is 0.251 e. The molecule has 4 nitrogen and oxygen atoms in total. The number of aliphatic hydroxyl groups is 1. The van der Waals surface area contributed by atoms with Crippen LogP contribution in [0.2, 0.25) is 5.02 Å². The van der Waals surface area contributed by atoms with Crippen LogP contribution in [0.15, 0.2) is 18.2 Å². The molecule has 6 heteroatoms. The highest BCUT2D eigenvalue weighted by molar-refractivity contribution is 6.30. The second kappa shape index (κ2) is 7.73. The third-order valence-electron chi connectivity index (χ3n) is 3.68. The average molecular weight is 315 g/mol. The first-order valence-corrected chi connectivity index (χ1v) is 7.58. The minimum atomic E-state index is -0.587. The van der Waals surface area contributed by atoms with Crippen LogP contribution in [0.3, 0.4) is 0 Å². The molecule has 0 spiro atoms. The van der Waals surface area contributed by atoms with Crippen LogP contribution in [0, 0.1) is 5.82 Å². The van der Waals surface area contributed by atoms with Gasteiger partial charge in [-0.15, -0.1) is 0 Å². The van der Waals surface area contributed by atoms with Gasteiger partial charge in [0.05, 0.1) is 11.1 Å². The summed E-state index contributed by atoms with van der Waals surface area (Å²) in [4.78, 5) is 14.1. The van der Waals surface area contributed by atoms with Crippen molar-refractivity contribution in [3.8, 4) is 0 Å². The Morgan fingerprint density at radius 2 is 2.14 bits per heavy atom. The lowest BCUT2D eigenvalue weighted by molar-refractivity contribution is 0.0816. The third-order valence-corrected chi connectivity index (χ3v) is 3.98. The van der Waals surface area contributed by atoms with Crippen LogP contribution in [-0.4, -0.2) is 48.2 Å². The highest BCUT2D eigenvalue weighted by atomic mass is 35.5. The zero-order chi connectivity index (χ0) is 15.2. The number of carbonyl (C=O) groups is 1. The molecule has 2 N–H and O–H groups in total. The van der Waals surface area contributed by atoms with Gasteiger partial charge < -0.3 is 15.3 Å². The molecule has 116 valence electrons. The van der Waals surface area contributed by atoms with Crippen molar-refractivity contribution < 1.29 is 14.3 Å². The SMILES string of the molecule is O=C(NCCCN1CCC(O)CC1)c1ccc(Cl)c(F)c1. The second-order valence-electron chi connectivity index (χ2n) is 5.31. The molecule has 0 aromatic heterocycles. The van der Waals surface area contributed by atoms with Gasteiger partial charge in [-0.3, -0.25) is 4.79 Å². The fraction of sp³-hybridized carbons (Fsp3) is 0.533. The summed E-state index contributed by atoms with van der Waals surface area (Å²) >= 11 is 5.58. The first-order chi connectivity index (χ1) is 10.1. The van der Waals surface area contributed by atoms with Gasteiger partial charge >= 0.3 is 0 Å². The Morgan fingerprint density at radius 1 is 1.43 bits per heavy atom. The van der Waals surface area contributed by atoms with E-state index >= 15 is 0 Å². The topological polar surface area (TPSA) is 52.6 Å². The van der Waals surface area contributed by atoms with E-state index in [9.17, 15) is 14.3 Å². The summed E-state index contributed by atoms with van der Waals surface area (Å²) in [5.74, 6) is -0.879. The Balaban J connectivity index is 1.68. The molecule has 1 aliphatic heterocycles. The number of aliphatic hydroxyl groups excluding tert-OH is 1. The van der Waals surface area contributed by atoms with E-state index in [1.54, 1.807) is 0 Å². The number of hydrogen-bond acceptors (Lipinski definition) is 3. The van der Waals surface area contributed by atoms with Crippen LogP contribution in [0.4, 0.5) is 4.39 Å². The fourth-order valence-corrected chi connectivity index (χ4v) is 2.50. The van der Waals surface area contributed by atoms with E-state index in [2.05, 4.69) is 10.2 Å². The number of piperidine rings is 1. The molecule has 0 bridgehead atoms. The van der Waals surface area contributed by atoms with Gasteiger partial charge in [0.15, 0.2) is 0 Å². The molecule has 0 radical (unpaired) electrons. The van der Waals surface area contributed by atoms with Crippen LogP contribution >= 0.6 is 11.6 Å². The number of nitrogens with zero attached hydrogens (tertiary/aromatic N) is 1. The lowest BCUT2D eigenvalue weighted by atomic mass is 10.1. The smallest absolute Gasteiger partial charge is 0.251 e. The van der Waals surface area contributed by atoms with Crippen molar-refractivity contribution in [2.75, 3.05) is 26.2 Å². The molecule has 1 aromatic carbocycles. The van der Waals surface area contributed by atoms with Crippen molar-refractivity contribution in [1.82, 2.24) is 10.2 Å². The zero-order valence-corrected chi connectivity index (χ0v) is 12.6. The summed E-state index contributed by atoms with van der Waals surface area (Å²) in [6.07, 6.45) is 2.30. The van der Waals surface area contributed by atoms with E-state index < -0.39 is 5.82 Å². The van der Waals surface area contributed by atoms with E-state index in [-0.39, 0.29) is 22.6 Å². The lowest BCUT2D eigenvalue weighted by Gasteiger charge is -2.29. The summed E-state index contributed by atoms with van der Waals surface area (Å²) in [5, 5.41) is 12.2. The Hall–Kier alpha value is -1.17. The van der Waals surface area contributed by atoms with Crippen molar-refractivity contribution in [2.24, 2.45) is 0 Å². The van der Waals surface area contributed by atoms with E-state index in [0.717, 1.165) is 45.0 Å². The molecule has 21 heavy (non-hydrogen) atoms. The monoisotopic (exact) mass is 314 g/mol. The summed E-state index contributed by atoms with van der Waals surface area (Å²) in [5.41, 5.74) is 0.276. The van der Waals surface area contributed by atoms with Crippen molar-refractivity contribution in [1.29, 1.82) is 0 Å². The van der Waals surface area contributed by atoms with Crippen LogP contribution in [0.1, 0.15) is 29.6 Å². The number of likely N-dealkylation sites (tertiary alicyclic amines) is 1. The number of benzene rings is 1. The Kier molecular flexibility index (Phi) is 5.96. The molecule has 2 rings (SSSR count). The molecule has 0 saturated carbocycles. The number of nitrogens with one attached hydrogen (secondary N) is 1. The van der Waals surface area contributed by atoms with Gasteiger partial charge in [-0.25, -0.2) is 4.39 Å². The third kappa shape index (κ3) is 4.95. The molecular formula is C15H20ClFN2O2. The van der Waals surface area contributed by atoms with Gasteiger partial charge in [0.1, 0.15) is 5.82 Å². The number of amides is 1. The van der Waals surface area contributed by atoms with Crippen molar-refractivity contribution in [2.45, 2.75) is 25.4 Å². The van der Waals surface area contributed by atoms with Gasteiger partial charge in [-0.2, -0.15) is 0 Å². The van der Waals surface area contributed by atoms with Crippen LogP contribution in [0.5, 0.6) is 0 Å². The summed E-state index contributed by atoms with van der Waals surface area (Å²) in [6, 6.07) is 4.03. The highest BCUT2D eigenvalue weighted by Gasteiger charge is 2.16. The summed E-state index contributed by atoms with van der Waals surface area (Å²) < 4.78 is 13.3. The molecule has 1 aromatic rings. The van der Waals surface area contributed by atoms with Crippen LogP contribution < -0.4 is 5.32 Å². The molecule has 1 saturated heterocycles. The van der Waals surface area contributed by atoms with E-state index in [4.69, 9.17) is 11.6 Å². The predicted molar refractivity (Wildman–Crippen MR) is 80.0 cm³/mol. The van der Waals surface area contributed by atoms with Crippen LogP contribution in [0.25, 0.3) is 0 Å². The second-order valence-corrected chi connectivity index (χ2v) is 5.72. The predicted octanol–water partition coefficient (Wildman–Crippen LogP) is 2.06. The molecule has 1 amide bonds. The normalized spacial score (nSPS) is 16.9. The van der Waals surface area contributed by atoms with Gasteiger partial charge in [-0.1, -0.05) is 11.6 Å². The highest BCUT2D eigenvalue weighted by Crippen LogP contribution is 2.15. The first-order valence-electron chi connectivity index (χ1n) is 7.20. The van der Waals surface area contributed by atoms with Crippen molar-refractivity contribution in [3.05, 3.63) is 34.6 Å². The van der Waals surface area contributed by atoms with Crippen LogP contribution in [-0.2, 0) is 0 Å². The number of carbonyl (C=O) groups excluding carboxylic acids is 1. The van der Waals surface area contributed by atoms with Crippen molar-refractivity contribution >= 4 is 17.5 Å². The maximum absolute atomic E-state index is 13.3. The Labute approximate surface area is 128 Å². The van der Waals surface area contributed by atoms with Gasteiger partial charge in [0, 0.05) is 25.2 Å². The van der Waals surface area contributed by atoms with Crippen molar-refractivity contribution in [3.63, 3.8) is 0 Å². The molecule has 1 aliphatic rings. The molecule has 1 heterocycles. The summed E-state index contributed by atoms with van der Waals surface area (Å²) in [6.45, 7) is 3.24.